The summed E-state index contributed by atoms with van der Waals surface area (Å²) in [6, 6.07) is 11.1. The third-order valence-corrected chi connectivity index (χ3v) is 3.10. The van der Waals surface area contributed by atoms with E-state index >= 15 is 0 Å². The van der Waals surface area contributed by atoms with Crippen molar-refractivity contribution in [1.29, 1.82) is 0 Å². The summed E-state index contributed by atoms with van der Waals surface area (Å²) in [4.78, 5) is 20.8. The van der Waals surface area contributed by atoms with Crippen molar-refractivity contribution in [3.63, 3.8) is 0 Å². The van der Waals surface area contributed by atoms with Gasteiger partial charge in [0.05, 0.1) is 0 Å². The molecule has 2 rings (SSSR count). The molecule has 0 spiro atoms. The van der Waals surface area contributed by atoms with Crippen LogP contribution >= 0.6 is 0 Å². The number of nitrogens with zero attached hydrogens (tertiary/aromatic N) is 2. The van der Waals surface area contributed by atoms with Crippen molar-refractivity contribution in [2.75, 3.05) is 5.32 Å². The van der Waals surface area contributed by atoms with Crippen LogP contribution < -0.4 is 5.32 Å². The number of carbonyl (C=O) groups is 1. The Kier molecular flexibility index (Phi) is 5.32. The molecule has 1 unspecified atom stereocenters. The number of aromatic nitrogens is 2. The first-order valence-corrected chi connectivity index (χ1v) is 7.65. The van der Waals surface area contributed by atoms with Gasteiger partial charge < -0.3 is 10.1 Å². The number of benzene rings is 1. The number of rotatable bonds is 5. The molecule has 1 aromatic heterocycles. The first-order valence-electron chi connectivity index (χ1n) is 7.65. The van der Waals surface area contributed by atoms with E-state index in [0.717, 1.165) is 11.3 Å². The predicted molar refractivity (Wildman–Crippen MR) is 90.2 cm³/mol. The zero-order chi connectivity index (χ0) is 16.9. The normalized spacial score (nSPS) is 12.5. The Labute approximate surface area is 137 Å². The Morgan fingerprint density at radius 2 is 1.91 bits per heavy atom. The van der Waals surface area contributed by atoms with Crippen LogP contribution in [0.3, 0.4) is 0 Å². The van der Waals surface area contributed by atoms with Gasteiger partial charge in [-0.25, -0.2) is 14.8 Å². The summed E-state index contributed by atoms with van der Waals surface area (Å²) in [5.74, 6) is 0.321. The molecule has 1 aromatic carbocycles. The van der Waals surface area contributed by atoms with Gasteiger partial charge in [0.15, 0.2) is 0 Å². The second kappa shape index (κ2) is 7.22. The molecule has 23 heavy (non-hydrogen) atoms. The van der Waals surface area contributed by atoms with Crippen LogP contribution in [0.5, 0.6) is 0 Å². The van der Waals surface area contributed by atoms with E-state index in [1.807, 2.05) is 64.1 Å². The number of aryl methyl sites for hydroxylation is 1. The Morgan fingerprint density at radius 3 is 2.52 bits per heavy atom. The Hall–Kier alpha value is -2.43. The summed E-state index contributed by atoms with van der Waals surface area (Å²) < 4.78 is 5.53. The van der Waals surface area contributed by atoms with Crippen molar-refractivity contribution in [3.05, 3.63) is 54.0 Å². The molecule has 0 amide bonds. The second-order valence-corrected chi connectivity index (χ2v) is 6.46. The highest BCUT2D eigenvalue weighted by atomic mass is 16.6. The van der Waals surface area contributed by atoms with Gasteiger partial charge >= 0.3 is 5.97 Å². The van der Waals surface area contributed by atoms with Crippen LogP contribution in [0.4, 0.5) is 5.82 Å². The minimum absolute atomic E-state index is 0.294. The van der Waals surface area contributed by atoms with Gasteiger partial charge in [-0.3, -0.25) is 0 Å². The summed E-state index contributed by atoms with van der Waals surface area (Å²) in [5, 5.41) is 3.17. The fourth-order valence-corrected chi connectivity index (χ4v) is 2.13. The molecule has 1 N–H and O–H groups in total. The van der Waals surface area contributed by atoms with Crippen molar-refractivity contribution >= 4 is 11.8 Å². The van der Waals surface area contributed by atoms with Gasteiger partial charge in [-0.2, -0.15) is 0 Å². The molecule has 0 radical (unpaired) electrons. The molecule has 1 atom stereocenters. The van der Waals surface area contributed by atoms with Gasteiger partial charge in [-0.05, 0) is 33.3 Å². The van der Waals surface area contributed by atoms with Crippen LogP contribution in [-0.4, -0.2) is 27.6 Å². The summed E-state index contributed by atoms with van der Waals surface area (Å²) in [6.07, 6.45) is 2.01. The van der Waals surface area contributed by atoms with E-state index < -0.39 is 11.6 Å². The highest BCUT2D eigenvalue weighted by molar-refractivity contribution is 5.79. The molecule has 5 nitrogen and oxygen atoms in total. The van der Waals surface area contributed by atoms with Gasteiger partial charge in [-0.1, -0.05) is 30.3 Å². The van der Waals surface area contributed by atoms with Crippen molar-refractivity contribution in [2.45, 2.75) is 45.8 Å². The van der Waals surface area contributed by atoms with Crippen molar-refractivity contribution < 1.29 is 9.53 Å². The molecule has 0 saturated carbocycles. The molecule has 5 heteroatoms. The number of hydrogen-bond donors (Lipinski definition) is 1. The highest BCUT2D eigenvalue weighted by Gasteiger charge is 2.25. The number of hydrogen-bond acceptors (Lipinski definition) is 5. The monoisotopic (exact) mass is 313 g/mol. The number of anilines is 1. The maximum Gasteiger partial charge on any atom is 0.329 e. The van der Waals surface area contributed by atoms with Crippen LogP contribution in [0.1, 0.15) is 32.0 Å². The summed E-state index contributed by atoms with van der Waals surface area (Å²) >= 11 is 0. The molecule has 0 aliphatic heterocycles. The van der Waals surface area contributed by atoms with Gasteiger partial charge in [0.2, 0.25) is 0 Å². The van der Waals surface area contributed by atoms with Crippen LogP contribution in [0.2, 0.25) is 0 Å². The minimum Gasteiger partial charge on any atom is -0.458 e. The Balaban J connectivity index is 2.18. The fraction of sp³-hybridized carbons (Fsp3) is 0.389. The number of nitrogens with one attached hydrogen (secondary N) is 1. The molecule has 1 heterocycles. The molecular weight excluding hydrogens is 290 g/mol. The van der Waals surface area contributed by atoms with Crippen LogP contribution in [0.15, 0.2) is 42.7 Å². The second-order valence-electron chi connectivity index (χ2n) is 6.46. The third-order valence-electron chi connectivity index (χ3n) is 3.10. The molecule has 0 fully saturated rings. The van der Waals surface area contributed by atoms with E-state index in [2.05, 4.69) is 15.3 Å². The summed E-state index contributed by atoms with van der Waals surface area (Å²) in [5.41, 5.74) is 1.36. The van der Waals surface area contributed by atoms with E-state index in [-0.39, 0.29) is 5.97 Å². The lowest BCUT2D eigenvalue weighted by Gasteiger charge is -2.25. The highest BCUT2D eigenvalue weighted by Crippen LogP contribution is 2.15. The minimum atomic E-state index is -0.532. The van der Waals surface area contributed by atoms with Crippen LogP contribution in [-0.2, 0) is 16.0 Å². The SMILES string of the molecule is Cc1cc(NC(Cc2ccccc2)C(=O)OC(C)(C)C)ncn1. The average molecular weight is 313 g/mol. The van der Waals surface area contributed by atoms with Crippen molar-refractivity contribution in [1.82, 2.24) is 9.97 Å². The largest absolute Gasteiger partial charge is 0.458 e. The fourth-order valence-electron chi connectivity index (χ4n) is 2.13. The Morgan fingerprint density at radius 1 is 1.22 bits per heavy atom. The molecule has 0 saturated heterocycles. The quantitative estimate of drug-likeness (QED) is 0.859. The smallest absolute Gasteiger partial charge is 0.329 e. The van der Waals surface area contributed by atoms with Gasteiger partial charge in [0.25, 0.3) is 0 Å². The predicted octanol–water partition coefficient (Wildman–Crippen LogP) is 3.15. The zero-order valence-electron chi connectivity index (χ0n) is 14.0. The summed E-state index contributed by atoms with van der Waals surface area (Å²) in [7, 11) is 0. The van der Waals surface area contributed by atoms with E-state index in [4.69, 9.17) is 4.74 Å². The van der Waals surface area contributed by atoms with Crippen molar-refractivity contribution in [2.24, 2.45) is 0 Å². The molecule has 2 aromatic rings. The van der Waals surface area contributed by atoms with Gasteiger partial charge in [0.1, 0.15) is 23.8 Å². The molecule has 0 aliphatic carbocycles. The van der Waals surface area contributed by atoms with Crippen molar-refractivity contribution in [3.8, 4) is 0 Å². The first kappa shape index (κ1) is 16.9. The number of ether oxygens (including phenoxy) is 1. The topological polar surface area (TPSA) is 64.1 Å². The summed E-state index contributed by atoms with van der Waals surface area (Å²) in [6.45, 7) is 7.46. The molecular formula is C18H23N3O2. The lowest BCUT2D eigenvalue weighted by Crippen LogP contribution is -2.38. The molecule has 122 valence electrons. The molecule has 0 bridgehead atoms. The maximum atomic E-state index is 12.5. The van der Waals surface area contributed by atoms with Gasteiger partial charge in [-0.15, -0.1) is 0 Å². The molecule has 0 aliphatic rings. The third kappa shape index (κ3) is 5.70. The van der Waals surface area contributed by atoms with E-state index in [1.54, 1.807) is 0 Å². The lowest BCUT2D eigenvalue weighted by atomic mass is 10.1. The maximum absolute atomic E-state index is 12.5. The zero-order valence-corrected chi connectivity index (χ0v) is 14.0. The Bertz CT molecular complexity index is 651. The van der Waals surface area contributed by atoms with Crippen LogP contribution in [0, 0.1) is 6.92 Å². The van der Waals surface area contributed by atoms with Crippen LogP contribution in [0.25, 0.3) is 0 Å². The number of esters is 1. The first-order chi connectivity index (χ1) is 10.8. The van der Waals surface area contributed by atoms with E-state index in [1.165, 1.54) is 6.33 Å². The average Bonchev–Trinajstić information content (AvgIpc) is 2.46. The standard InChI is InChI=1S/C18H23N3O2/c1-13-10-16(20-12-19-13)21-15(17(22)23-18(2,3)4)11-14-8-6-5-7-9-14/h5-10,12,15H,11H2,1-4H3,(H,19,20,21). The number of carbonyl (C=O) groups excluding carboxylic acids is 1. The van der Waals surface area contributed by atoms with Gasteiger partial charge in [0, 0.05) is 18.2 Å². The lowest BCUT2D eigenvalue weighted by molar-refractivity contribution is -0.155. The van der Waals surface area contributed by atoms with E-state index in [0.29, 0.717) is 12.2 Å². The van der Waals surface area contributed by atoms with E-state index in [9.17, 15) is 4.79 Å².